The minimum Gasteiger partial charge on any atom is -0.496 e. The summed E-state index contributed by atoms with van der Waals surface area (Å²) in [6.45, 7) is 5.30. The SMILES string of the molecule is CCCNC(c1cc(Br)ccc1C)c1ccccc1OC. The molecule has 0 aliphatic rings. The van der Waals surface area contributed by atoms with Gasteiger partial charge in [0.25, 0.3) is 0 Å². The quantitative estimate of drug-likeness (QED) is 0.805. The van der Waals surface area contributed by atoms with Crippen LogP contribution in [0.2, 0.25) is 0 Å². The number of methoxy groups -OCH3 is 1. The van der Waals surface area contributed by atoms with Crippen LogP contribution in [0.25, 0.3) is 0 Å². The van der Waals surface area contributed by atoms with Gasteiger partial charge in [0.1, 0.15) is 5.75 Å². The molecule has 1 atom stereocenters. The Hall–Kier alpha value is -1.32. The van der Waals surface area contributed by atoms with Crippen molar-refractivity contribution in [1.82, 2.24) is 5.32 Å². The lowest BCUT2D eigenvalue weighted by molar-refractivity contribution is 0.403. The molecule has 2 aromatic carbocycles. The maximum atomic E-state index is 5.55. The van der Waals surface area contributed by atoms with E-state index < -0.39 is 0 Å². The van der Waals surface area contributed by atoms with Crippen LogP contribution in [0.5, 0.6) is 5.75 Å². The maximum absolute atomic E-state index is 5.55. The topological polar surface area (TPSA) is 21.3 Å². The number of aryl methyl sites for hydroxylation is 1. The average molecular weight is 348 g/mol. The Bertz CT molecular complexity index is 598. The van der Waals surface area contributed by atoms with E-state index in [1.807, 2.05) is 12.1 Å². The zero-order valence-corrected chi connectivity index (χ0v) is 14.4. The predicted octanol–water partition coefficient (Wildman–Crippen LogP) is 4.86. The van der Waals surface area contributed by atoms with Crippen LogP contribution in [0, 0.1) is 6.92 Å². The van der Waals surface area contributed by atoms with E-state index in [9.17, 15) is 0 Å². The largest absolute Gasteiger partial charge is 0.496 e. The molecule has 0 radical (unpaired) electrons. The van der Waals surface area contributed by atoms with Crippen LogP contribution in [0.15, 0.2) is 46.9 Å². The van der Waals surface area contributed by atoms with Crippen molar-refractivity contribution in [1.29, 1.82) is 0 Å². The summed E-state index contributed by atoms with van der Waals surface area (Å²) in [5.74, 6) is 0.922. The summed E-state index contributed by atoms with van der Waals surface area (Å²) in [4.78, 5) is 0. The summed E-state index contributed by atoms with van der Waals surface area (Å²) in [6.07, 6.45) is 1.10. The zero-order valence-electron chi connectivity index (χ0n) is 12.8. The molecule has 3 heteroatoms. The molecule has 0 heterocycles. The maximum Gasteiger partial charge on any atom is 0.123 e. The molecule has 0 aliphatic heterocycles. The third-order valence-electron chi connectivity index (χ3n) is 3.60. The Labute approximate surface area is 135 Å². The lowest BCUT2D eigenvalue weighted by atomic mass is 9.94. The molecular weight excluding hydrogens is 326 g/mol. The standard InChI is InChI=1S/C18H22BrNO/c1-4-11-20-18(15-7-5-6-8-17(15)21-3)16-12-14(19)10-9-13(16)2/h5-10,12,18,20H,4,11H2,1-3H3. The molecule has 0 amide bonds. The molecule has 0 saturated carbocycles. The second kappa shape index (κ2) is 7.62. The first kappa shape index (κ1) is 16.1. The van der Waals surface area contributed by atoms with Crippen molar-refractivity contribution < 1.29 is 4.74 Å². The summed E-state index contributed by atoms with van der Waals surface area (Å²) in [5, 5.41) is 3.64. The molecule has 0 spiro atoms. The van der Waals surface area contributed by atoms with Crippen LogP contribution in [-0.2, 0) is 0 Å². The molecule has 0 fully saturated rings. The zero-order chi connectivity index (χ0) is 15.2. The molecule has 1 unspecified atom stereocenters. The number of hydrogen-bond donors (Lipinski definition) is 1. The number of rotatable bonds is 6. The van der Waals surface area contributed by atoms with E-state index in [2.05, 4.69) is 65.4 Å². The fourth-order valence-corrected chi connectivity index (χ4v) is 2.88. The Balaban J connectivity index is 2.49. The van der Waals surface area contributed by atoms with Crippen LogP contribution in [0.4, 0.5) is 0 Å². The smallest absolute Gasteiger partial charge is 0.123 e. The summed E-state index contributed by atoms with van der Waals surface area (Å²) in [7, 11) is 1.73. The van der Waals surface area contributed by atoms with E-state index in [-0.39, 0.29) is 6.04 Å². The van der Waals surface area contributed by atoms with Gasteiger partial charge in [-0.1, -0.05) is 47.1 Å². The molecule has 0 saturated heterocycles. The van der Waals surface area contributed by atoms with Crippen LogP contribution in [-0.4, -0.2) is 13.7 Å². The molecule has 112 valence electrons. The van der Waals surface area contributed by atoms with Crippen LogP contribution >= 0.6 is 15.9 Å². The van der Waals surface area contributed by atoms with Crippen molar-refractivity contribution in [3.63, 3.8) is 0 Å². The monoisotopic (exact) mass is 347 g/mol. The number of ether oxygens (including phenoxy) is 1. The number of para-hydroxylation sites is 1. The Morgan fingerprint density at radius 3 is 2.62 bits per heavy atom. The van der Waals surface area contributed by atoms with Gasteiger partial charge in [-0.15, -0.1) is 0 Å². The number of halogens is 1. The minimum absolute atomic E-state index is 0.138. The highest BCUT2D eigenvalue weighted by atomic mass is 79.9. The van der Waals surface area contributed by atoms with Crippen molar-refractivity contribution in [3.8, 4) is 5.75 Å². The highest BCUT2D eigenvalue weighted by Gasteiger charge is 2.19. The van der Waals surface area contributed by atoms with E-state index in [1.165, 1.54) is 16.7 Å². The van der Waals surface area contributed by atoms with Crippen molar-refractivity contribution in [2.75, 3.05) is 13.7 Å². The predicted molar refractivity (Wildman–Crippen MR) is 92.0 cm³/mol. The van der Waals surface area contributed by atoms with Crippen LogP contribution < -0.4 is 10.1 Å². The van der Waals surface area contributed by atoms with Crippen LogP contribution in [0.3, 0.4) is 0 Å². The van der Waals surface area contributed by atoms with Gasteiger partial charge in [-0.3, -0.25) is 0 Å². The fourth-order valence-electron chi connectivity index (χ4n) is 2.50. The second-order valence-electron chi connectivity index (χ2n) is 5.13. The summed E-state index contributed by atoms with van der Waals surface area (Å²) < 4.78 is 6.64. The molecule has 0 aromatic heterocycles. The van der Waals surface area contributed by atoms with Gasteiger partial charge in [0.2, 0.25) is 0 Å². The molecular formula is C18H22BrNO. The van der Waals surface area contributed by atoms with Crippen molar-refractivity contribution in [3.05, 3.63) is 63.6 Å². The summed E-state index contributed by atoms with van der Waals surface area (Å²) in [5.41, 5.74) is 3.73. The fraction of sp³-hybridized carbons (Fsp3) is 0.333. The van der Waals surface area contributed by atoms with E-state index >= 15 is 0 Å². The number of hydrogen-bond acceptors (Lipinski definition) is 2. The summed E-state index contributed by atoms with van der Waals surface area (Å²) >= 11 is 3.58. The highest BCUT2D eigenvalue weighted by molar-refractivity contribution is 9.10. The lowest BCUT2D eigenvalue weighted by Gasteiger charge is -2.23. The highest BCUT2D eigenvalue weighted by Crippen LogP contribution is 2.32. The van der Waals surface area contributed by atoms with Crippen molar-refractivity contribution >= 4 is 15.9 Å². The summed E-state index contributed by atoms with van der Waals surface area (Å²) in [6, 6.07) is 14.8. The van der Waals surface area contributed by atoms with E-state index in [1.54, 1.807) is 7.11 Å². The third-order valence-corrected chi connectivity index (χ3v) is 4.09. The van der Waals surface area contributed by atoms with Crippen LogP contribution in [0.1, 0.15) is 36.1 Å². The first-order valence-electron chi connectivity index (χ1n) is 7.29. The average Bonchev–Trinajstić information content (AvgIpc) is 2.51. The van der Waals surface area contributed by atoms with Gasteiger partial charge in [0.05, 0.1) is 13.2 Å². The Morgan fingerprint density at radius 1 is 1.14 bits per heavy atom. The normalized spacial score (nSPS) is 12.2. The first-order valence-corrected chi connectivity index (χ1v) is 8.09. The third kappa shape index (κ3) is 3.86. The minimum atomic E-state index is 0.138. The van der Waals surface area contributed by atoms with Crippen molar-refractivity contribution in [2.45, 2.75) is 26.3 Å². The Kier molecular flexibility index (Phi) is 5.83. The molecule has 2 aromatic rings. The first-order chi connectivity index (χ1) is 10.2. The molecule has 21 heavy (non-hydrogen) atoms. The Morgan fingerprint density at radius 2 is 1.90 bits per heavy atom. The molecule has 0 bridgehead atoms. The van der Waals surface area contributed by atoms with Gasteiger partial charge in [-0.05, 0) is 49.2 Å². The number of nitrogens with one attached hydrogen (secondary N) is 1. The van der Waals surface area contributed by atoms with Gasteiger partial charge < -0.3 is 10.1 Å². The van der Waals surface area contributed by atoms with Gasteiger partial charge >= 0.3 is 0 Å². The van der Waals surface area contributed by atoms with E-state index in [0.717, 1.165) is 23.2 Å². The molecule has 1 N–H and O–H groups in total. The van der Waals surface area contributed by atoms with Crippen molar-refractivity contribution in [2.24, 2.45) is 0 Å². The van der Waals surface area contributed by atoms with Gasteiger partial charge in [0.15, 0.2) is 0 Å². The molecule has 0 aliphatic carbocycles. The van der Waals surface area contributed by atoms with Gasteiger partial charge in [-0.2, -0.15) is 0 Å². The van der Waals surface area contributed by atoms with Gasteiger partial charge in [-0.25, -0.2) is 0 Å². The van der Waals surface area contributed by atoms with Gasteiger partial charge in [0, 0.05) is 10.0 Å². The molecule has 2 rings (SSSR count). The van der Waals surface area contributed by atoms with E-state index in [4.69, 9.17) is 4.74 Å². The molecule has 2 nitrogen and oxygen atoms in total. The van der Waals surface area contributed by atoms with E-state index in [0.29, 0.717) is 0 Å². The number of benzene rings is 2. The second-order valence-corrected chi connectivity index (χ2v) is 6.05. The lowest BCUT2D eigenvalue weighted by Crippen LogP contribution is -2.24.